The highest BCUT2D eigenvalue weighted by atomic mass is 28.4. The van der Waals surface area contributed by atoms with E-state index >= 15 is 0 Å². The number of hydrogen-bond acceptors (Lipinski definition) is 4. The Morgan fingerprint density at radius 2 is 1.35 bits per heavy atom. The lowest BCUT2D eigenvalue weighted by atomic mass is 10.1. The van der Waals surface area contributed by atoms with Crippen molar-refractivity contribution in [2.45, 2.75) is 13.8 Å². The van der Waals surface area contributed by atoms with E-state index in [1.165, 1.54) is 13.8 Å². The van der Waals surface area contributed by atoms with Crippen LogP contribution in [0.5, 0.6) is 0 Å². The molecule has 0 saturated heterocycles. The van der Waals surface area contributed by atoms with Gasteiger partial charge in [0.2, 0.25) is 5.82 Å². The van der Waals surface area contributed by atoms with Crippen LogP contribution in [-0.4, -0.2) is 38.9 Å². The number of carbonyl (C=O) groups is 1. The van der Waals surface area contributed by atoms with Crippen LogP contribution in [-0.2, 0) is 8.85 Å². The molecule has 0 aliphatic carbocycles. The lowest BCUT2D eigenvalue weighted by Gasteiger charge is -2.23. The molecule has 2 N–H and O–H groups in total. The first-order valence-corrected chi connectivity index (χ1v) is 8.45. The SMILES string of the molecule is CCO[Si](O)(CNC(=O)c1c(F)c(F)c(F)c(F)c1F)OCC. The smallest absolute Gasteiger partial charge is 0.389 e. The van der Waals surface area contributed by atoms with Crippen molar-refractivity contribution < 1.29 is 40.4 Å². The standard InChI is InChI=1S/C12H14F5NO4Si/c1-3-21-23(20,22-4-2)5-18-12(19)6-7(13)9(15)11(17)10(16)8(6)14/h20H,3-5H2,1-2H3,(H,18,19). The monoisotopic (exact) mass is 359 g/mol. The van der Waals surface area contributed by atoms with Gasteiger partial charge in [-0.05, 0) is 13.8 Å². The Balaban J connectivity index is 3.03. The molecule has 0 fully saturated rings. The molecule has 0 aromatic heterocycles. The Bertz CT molecular complexity index is 566. The molecule has 5 nitrogen and oxygen atoms in total. The molecule has 0 heterocycles. The summed E-state index contributed by atoms with van der Waals surface area (Å²) in [6.07, 6.45) is -0.660. The van der Waals surface area contributed by atoms with Crippen molar-refractivity contribution in [1.29, 1.82) is 0 Å². The molecule has 0 spiro atoms. The summed E-state index contributed by atoms with van der Waals surface area (Å²) in [4.78, 5) is 21.7. The summed E-state index contributed by atoms with van der Waals surface area (Å²) in [5.74, 6) is -13.0. The van der Waals surface area contributed by atoms with Crippen molar-refractivity contribution in [2.24, 2.45) is 0 Å². The van der Waals surface area contributed by atoms with Crippen LogP contribution in [0.25, 0.3) is 0 Å². The van der Waals surface area contributed by atoms with Gasteiger partial charge in [0, 0.05) is 13.2 Å². The number of nitrogens with one attached hydrogen (secondary N) is 1. The zero-order valence-electron chi connectivity index (χ0n) is 12.2. The summed E-state index contributed by atoms with van der Waals surface area (Å²) in [6, 6.07) is 0. The molecule has 0 radical (unpaired) electrons. The zero-order valence-corrected chi connectivity index (χ0v) is 13.2. The molecule has 130 valence electrons. The van der Waals surface area contributed by atoms with E-state index < -0.39 is 55.5 Å². The number of amides is 1. The van der Waals surface area contributed by atoms with Gasteiger partial charge in [0.05, 0.1) is 6.17 Å². The Labute approximate surface area is 129 Å². The fraction of sp³-hybridized carbons (Fsp3) is 0.417. The van der Waals surface area contributed by atoms with E-state index in [-0.39, 0.29) is 13.2 Å². The van der Waals surface area contributed by atoms with E-state index in [4.69, 9.17) is 8.85 Å². The Kier molecular flexibility index (Phi) is 6.62. The van der Waals surface area contributed by atoms with Crippen LogP contribution in [0.4, 0.5) is 22.0 Å². The van der Waals surface area contributed by atoms with E-state index in [9.17, 15) is 31.5 Å². The minimum absolute atomic E-state index is 0.0289. The highest BCUT2D eigenvalue weighted by Gasteiger charge is 2.38. The topological polar surface area (TPSA) is 67.8 Å². The molecule has 0 saturated carbocycles. The van der Waals surface area contributed by atoms with Crippen LogP contribution in [0.1, 0.15) is 24.2 Å². The summed E-state index contributed by atoms with van der Waals surface area (Å²) >= 11 is 0. The van der Waals surface area contributed by atoms with Gasteiger partial charge in [-0.25, -0.2) is 22.0 Å². The molecule has 11 heteroatoms. The van der Waals surface area contributed by atoms with Crippen LogP contribution in [0.2, 0.25) is 0 Å². The Morgan fingerprint density at radius 1 is 0.957 bits per heavy atom. The minimum atomic E-state index is -3.86. The normalized spacial score (nSPS) is 11.7. The van der Waals surface area contributed by atoms with Crippen molar-refractivity contribution in [2.75, 3.05) is 19.4 Å². The summed E-state index contributed by atoms with van der Waals surface area (Å²) in [5.41, 5.74) is -1.65. The third kappa shape index (κ3) is 4.25. The number of benzene rings is 1. The first-order valence-electron chi connectivity index (χ1n) is 6.48. The third-order valence-electron chi connectivity index (χ3n) is 2.65. The molecular formula is C12H14F5NO4Si. The summed E-state index contributed by atoms with van der Waals surface area (Å²) in [7, 11) is -3.86. The second-order valence-electron chi connectivity index (χ2n) is 4.21. The molecular weight excluding hydrogens is 345 g/mol. The molecule has 1 aromatic carbocycles. The second-order valence-corrected chi connectivity index (χ2v) is 6.56. The van der Waals surface area contributed by atoms with Crippen LogP contribution < -0.4 is 5.32 Å². The largest absolute Gasteiger partial charge is 0.518 e. The van der Waals surface area contributed by atoms with Crippen molar-refractivity contribution >= 4 is 14.7 Å². The highest BCUT2D eigenvalue weighted by Crippen LogP contribution is 2.22. The summed E-state index contributed by atoms with van der Waals surface area (Å²) < 4.78 is 75.8. The maximum Gasteiger partial charge on any atom is 0.518 e. The summed E-state index contributed by atoms with van der Waals surface area (Å²) in [6.45, 7) is 3.12. The van der Waals surface area contributed by atoms with Gasteiger partial charge in [0.25, 0.3) is 5.91 Å². The lowest BCUT2D eigenvalue weighted by molar-refractivity contribution is 0.0880. The molecule has 0 aliphatic rings. The van der Waals surface area contributed by atoms with Gasteiger partial charge in [-0.15, -0.1) is 0 Å². The van der Waals surface area contributed by atoms with E-state index in [0.29, 0.717) is 0 Å². The van der Waals surface area contributed by atoms with E-state index in [2.05, 4.69) is 0 Å². The van der Waals surface area contributed by atoms with Gasteiger partial charge < -0.3 is 19.0 Å². The average Bonchev–Trinajstić information content (AvgIpc) is 2.50. The van der Waals surface area contributed by atoms with Crippen molar-refractivity contribution in [1.82, 2.24) is 5.32 Å². The first-order chi connectivity index (χ1) is 10.7. The maximum absolute atomic E-state index is 13.5. The molecule has 0 aliphatic heterocycles. The lowest BCUT2D eigenvalue weighted by Crippen LogP contribution is -2.53. The molecule has 0 unspecified atom stereocenters. The number of halogens is 5. The van der Waals surface area contributed by atoms with Crippen molar-refractivity contribution in [3.05, 3.63) is 34.6 Å². The van der Waals surface area contributed by atoms with Gasteiger partial charge in [-0.2, -0.15) is 0 Å². The predicted molar refractivity (Wildman–Crippen MR) is 69.8 cm³/mol. The Hall–Kier alpha value is -1.56. The molecule has 1 aromatic rings. The fourth-order valence-electron chi connectivity index (χ4n) is 1.68. The van der Waals surface area contributed by atoms with Crippen LogP contribution in [0.3, 0.4) is 0 Å². The van der Waals surface area contributed by atoms with E-state index in [0.717, 1.165) is 0 Å². The van der Waals surface area contributed by atoms with Crippen molar-refractivity contribution in [3.63, 3.8) is 0 Å². The van der Waals surface area contributed by atoms with Crippen LogP contribution >= 0.6 is 0 Å². The predicted octanol–water partition coefficient (Wildman–Crippen LogP) is 1.66. The van der Waals surface area contributed by atoms with E-state index in [1.807, 2.05) is 5.32 Å². The van der Waals surface area contributed by atoms with Crippen LogP contribution in [0, 0.1) is 29.1 Å². The number of rotatable bonds is 7. The second kappa shape index (κ2) is 7.81. The molecule has 0 atom stereocenters. The first kappa shape index (κ1) is 19.5. The van der Waals surface area contributed by atoms with E-state index in [1.54, 1.807) is 0 Å². The number of hydrogen-bond donors (Lipinski definition) is 2. The number of carbonyl (C=O) groups excluding carboxylic acids is 1. The molecule has 1 amide bonds. The molecule has 1 rings (SSSR count). The summed E-state index contributed by atoms with van der Waals surface area (Å²) in [5, 5.41) is 1.85. The van der Waals surface area contributed by atoms with Crippen LogP contribution in [0.15, 0.2) is 0 Å². The zero-order chi connectivity index (χ0) is 17.8. The van der Waals surface area contributed by atoms with Gasteiger partial charge in [0.1, 0.15) is 5.56 Å². The van der Waals surface area contributed by atoms with Gasteiger partial charge in [-0.3, -0.25) is 4.79 Å². The van der Waals surface area contributed by atoms with Gasteiger partial charge in [0.15, 0.2) is 23.3 Å². The quantitative estimate of drug-likeness (QED) is 0.336. The highest BCUT2D eigenvalue weighted by molar-refractivity contribution is 6.59. The average molecular weight is 359 g/mol. The fourth-order valence-corrected chi connectivity index (χ4v) is 3.25. The maximum atomic E-state index is 13.5. The van der Waals surface area contributed by atoms with Crippen molar-refractivity contribution in [3.8, 4) is 0 Å². The van der Waals surface area contributed by atoms with Gasteiger partial charge >= 0.3 is 8.80 Å². The van der Waals surface area contributed by atoms with Gasteiger partial charge in [-0.1, -0.05) is 0 Å². The minimum Gasteiger partial charge on any atom is -0.389 e. The molecule has 0 bridgehead atoms. The third-order valence-corrected chi connectivity index (χ3v) is 4.75. The molecule has 23 heavy (non-hydrogen) atoms. The Morgan fingerprint density at radius 3 is 1.74 bits per heavy atom.